The topological polar surface area (TPSA) is 58.0 Å². The molecule has 0 aliphatic carbocycles. The number of rotatable bonds is 3. The van der Waals surface area contributed by atoms with Gasteiger partial charge in [-0.25, -0.2) is 4.52 Å². The van der Waals surface area contributed by atoms with Gasteiger partial charge >= 0.3 is 0 Å². The number of H-pyrrole nitrogens is 1. The van der Waals surface area contributed by atoms with E-state index in [4.69, 9.17) is 0 Å². The maximum absolute atomic E-state index is 4.32. The van der Waals surface area contributed by atoms with Gasteiger partial charge in [0, 0.05) is 29.8 Å². The van der Waals surface area contributed by atoms with E-state index in [0.717, 1.165) is 16.8 Å². The molecule has 0 radical (unpaired) electrons. The van der Waals surface area contributed by atoms with E-state index in [2.05, 4.69) is 26.4 Å². The Hall–Kier alpha value is -2.14. The van der Waals surface area contributed by atoms with E-state index in [1.54, 1.807) is 6.20 Å². The van der Waals surface area contributed by atoms with Crippen LogP contribution in [0.2, 0.25) is 0 Å². The van der Waals surface area contributed by atoms with Crippen molar-refractivity contribution in [3.8, 4) is 0 Å². The second kappa shape index (κ2) is 4.03. The molecule has 3 rings (SSSR count). The Labute approximate surface area is 98.5 Å². The third kappa shape index (κ3) is 1.60. The first-order valence-electron chi connectivity index (χ1n) is 5.48. The fourth-order valence-corrected chi connectivity index (χ4v) is 2.08. The van der Waals surface area contributed by atoms with Gasteiger partial charge in [-0.1, -0.05) is 0 Å². The zero-order valence-corrected chi connectivity index (χ0v) is 9.46. The van der Waals surface area contributed by atoms with Crippen molar-refractivity contribution in [3.05, 3.63) is 54.4 Å². The van der Waals surface area contributed by atoms with Crippen LogP contribution in [0.5, 0.6) is 0 Å². The van der Waals surface area contributed by atoms with Crippen molar-refractivity contribution >= 4 is 5.52 Å². The van der Waals surface area contributed by atoms with E-state index in [-0.39, 0.29) is 6.04 Å². The molecule has 0 aliphatic rings. The van der Waals surface area contributed by atoms with Crippen molar-refractivity contribution in [1.82, 2.24) is 24.9 Å². The molecule has 5 heteroatoms. The molecule has 0 amide bonds. The molecule has 2 N–H and O–H groups in total. The van der Waals surface area contributed by atoms with Crippen molar-refractivity contribution in [3.63, 3.8) is 0 Å². The van der Waals surface area contributed by atoms with Gasteiger partial charge in [-0.3, -0.25) is 4.98 Å². The number of nitrogens with one attached hydrogen (secondary N) is 2. The molecule has 1 unspecified atom stereocenters. The highest BCUT2D eigenvalue weighted by Crippen LogP contribution is 2.23. The lowest BCUT2D eigenvalue weighted by Crippen LogP contribution is -2.17. The summed E-state index contributed by atoms with van der Waals surface area (Å²) in [5.74, 6) is 0. The summed E-state index contributed by atoms with van der Waals surface area (Å²) in [6.45, 7) is 0. The number of aromatic amines is 1. The Kier molecular flexibility index (Phi) is 2.38. The molecular weight excluding hydrogens is 214 g/mol. The smallest absolute Gasteiger partial charge is 0.0896 e. The van der Waals surface area contributed by atoms with Gasteiger partial charge in [0.05, 0.1) is 24.0 Å². The van der Waals surface area contributed by atoms with E-state index in [0.29, 0.717) is 0 Å². The minimum Gasteiger partial charge on any atom is -0.363 e. The molecule has 5 nitrogen and oxygen atoms in total. The Morgan fingerprint density at radius 1 is 1.41 bits per heavy atom. The average Bonchev–Trinajstić information content (AvgIpc) is 3.01. The molecular formula is C12H13N5. The second-order valence-electron chi connectivity index (χ2n) is 3.85. The number of fused-ring (bicyclic) bond motifs is 1. The highest BCUT2D eigenvalue weighted by Gasteiger charge is 2.17. The first-order valence-corrected chi connectivity index (χ1v) is 5.48. The van der Waals surface area contributed by atoms with Gasteiger partial charge in [0.15, 0.2) is 0 Å². The summed E-state index contributed by atoms with van der Waals surface area (Å²) < 4.78 is 1.83. The summed E-state index contributed by atoms with van der Waals surface area (Å²) in [5, 5.41) is 7.61. The monoisotopic (exact) mass is 227 g/mol. The van der Waals surface area contributed by atoms with Crippen molar-refractivity contribution < 1.29 is 0 Å². The molecule has 3 heterocycles. The zero-order chi connectivity index (χ0) is 11.7. The summed E-state index contributed by atoms with van der Waals surface area (Å²) >= 11 is 0. The summed E-state index contributed by atoms with van der Waals surface area (Å²) in [6.07, 6.45) is 9.20. The molecule has 3 aromatic rings. The SMILES string of the molecule is CNC(c1ccc[nH]1)c1cnn2ccncc12. The van der Waals surface area contributed by atoms with Crippen LogP contribution in [0.25, 0.3) is 5.52 Å². The van der Waals surface area contributed by atoms with E-state index < -0.39 is 0 Å². The molecule has 86 valence electrons. The van der Waals surface area contributed by atoms with Crippen molar-refractivity contribution in [2.75, 3.05) is 7.05 Å². The lowest BCUT2D eigenvalue weighted by atomic mass is 10.1. The van der Waals surface area contributed by atoms with Crippen molar-refractivity contribution in [2.45, 2.75) is 6.04 Å². The van der Waals surface area contributed by atoms with Crippen molar-refractivity contribution in [1.29, 1.82) is 0 Å². The van der Waals surface area contributed by atoms with Crippen LogP contribution in [-0.2, 0) is 0 Å². The molecule has 0 saturated heterocycles. The number of nitrogens with zero attached hydrogens (tertiary/aromatic N) is 3. The van der Waals surface area contributed by atoms with Crippen LogP contribution in [0.3, 0.4) is 0 Å². The summed E-state index contributed by atoms with van der Waals surface area (Å²) in [6, 6.07) is 4.15. The van der Waals surface area contributed by atoms with Crippen LogP contribution >= 0.6 is 0 Å². The Morgan fingerprint density at radius 2 is 2.35 bits per heavy atom. The zero-order valence-electron chi connectivity index (χ0n) is 9.46. The third-order valence-corrected chi connectivity index (χ3v) is 2.89. The fourth-order valence-electron chi connectivity index (χ4n) is 2.08. The molecule has 17 heavy (non-hydrogen) atoms. The van der Waals surface area contributed by atoms with Gasteiger partial charge in [0.2, 0.25) is 0 Å². The Bertz CT molecular complexity index is 611. The van der Waals surface area contributed by atoms with E-state index in [9.17, 15) is 0 Å². The number of hydrogen-bond donors (Lipinski definition) is 2. The van der Waals surface area contributed by atoms with Gasteiger partial charge in [0.25, 0.3) is 0 Å². The molecule has 0 bridgehead atoms. The van der Waals surface area contributed by atoms with Gasteiger partial charge in [-0.05, 0) is 19.2 Å². The highest BCUT2D eigenvalue weighted by molar-refractivity contribution is 5.55. The Balaban J connectivity index is 2.13. The quantitative estimate of drug-likeness (QED) is 0.710. The molecule has 0 fully saturated rings. The molecule has 3 aromatic heterocycles. The maximum Gasteiger partial charge on any atom is 0.0896 e. The van der Waals surface area contributed by atoms with Crippen LogP contribution in [-0.4, -0.2) is 26.6 Å². The lowest BCUT2D eigenvalue weighted by molar-refractivity contribution is 0.679. The second-order valence-corrected chi connectivity index (χ2v) is 3.85. The van der Waals surface area contributed by atoms with Gasteiger partial charge in [0.1, 0.15) is 0 Å². The standard InChI is InChI=1S/C12H13N5/c1-13-12(10-3-2-4-15-10)9-7-16-17-6-5-14-8-11(9)17/h2-8,12-13,15H,1H3. The maximum atomic E-state index is 4.32. The molecule has 1 atom stereocenters. The van der Waals surface area contributed by atoms with E-state index in [1.165, 1.54) is 0 Å². The first kappa shape index (κ1) is 10.0. The Morgan fingerprint density at radius 3 is 3.12 bits per heavy atom. The predicted octanol–water partition coefficient (Wildman–Crippen LogP) is 1.37. The van der Waals surface area contributed by atoms with Gasteiger partial charge in [-0.2, -0.15) is 5.10 Å². The summed E-state index contributed by atoms with van der Waals surface area (Å²) in [5.41, 5.74) is 3.25. The van der Waals surface area contributed by atoms with Crippen LogP contribution in [0.4, 0.5) is 0 Å². The fraction of sp³-hybridized carbons (Fsp3) is 0.167. The third-order valence-electron chi connectivity index (χ3n) is 2.89. The number of hydrogen-bond acceptors (Lipinski definition) is 3. The summed E-state index contributed by atoms with van der Waals surface area (Å²) in [4.78, 5) is 7.37. The highest BCUT2D eigenvalue weighted by atomic mass is 15.2. The average molecular weight is 227 g/mol. The van der Waals surface area contributed by atoms with E-state index in [1.807, 2.05) is 42.4 Å². The number of aromatic nitrogens is 4. The van der Waals surface area contributed by atoms with Crippen molar-refractivity contribution in [2.24, 2.45) is 0 Å². The molecule has 0 spiro atoms. The molecule has 0 saturated carbocycles. The van der Waals surface area contributed by atoms with Crippen LogP contribution in [0.1, 0.15) is 17.3 Å². The van der Waals surface area contributed by atoms with Crippen LogP contribution < -0.4 is 5.32 Å². The lowest BCUT2D eigenvalue weighted by Gasteiger charge is -2.13. The predicted molar refractivity (Wildman–Crippen MR) is 64.7 cm³/mol. The molecule has 0 aromatic carbocycles. The van der Waals surface area contributed by atoms with E-state index >= 15 is 0 Å². The van der Waals surface area contributed by atoms with Crippen LogP contribution in [0, 0.1) is 0 Å². The first-order chi connectivity index (χ1) is 8.40. The minimum atomic E-state index is 0.103. The van der Waals surface area contributed by atoms with Gasteiger partial charge in [-0.15, -0.1) is 0 Å². The largest absolute Gasteiger partial charge is 0.363 e. The normalized spacial score (nSPS) is 13.0. The van der Waals surface area contributed by atoms with Gasteiger partial charge < -0.3 is 10.3 Å². The molecule has 0 aliphatic heterocycles. The minimum absolute atomic E-state index is 0.103. The summed E-state index contributed by atoms with van der Waals surface area (Å²) in [7, 11) is 1.94. The van der Waals surface area contributed by atoms with Crippen LogP contribution in [0.15, 0.2) is 43.1 Å².